The number of aryl methyl sites for hydroxylation is 1. The van der Waals surface area contributed by atoms with Crippen LogP contribution in [0, 0.1) is 5.92 Å². The number of pyridine rings is 1. The molecule has 0 aromatic carbocycles. The Morgan fingerprint density at radius 3 is 2.90 bits per heavy atom. The van der Waals surface area contributed by atoms with Gasteiger partial charge in [0.1, 0.15) is 5.82 Å². The van der Waals surface area contributed by atoms with Gasteiger partial charge in [0, 0.05) is 25.3 Å². The average molecular weight is 275 g/mol. The first kappa shape index (κ1) is 15.3. The minimum Gasteiger partial charge on any atom is -0.355 e. The van der Waals surface area contributed by atoms with Crippen LogP contribution in [-0.4, -0.2) is 30.7 Å². The summed E-state index contributed by atoms with van der Waals surface area (Å²) in [6.45, 7) is 10.2. The average Bonchev–Trinajstić information content (AvgIpc) is 2.73. The molecular formula is C17H29N3. The number of aromatic nitrogens is 1. The molecule has 112 valence electrons. The van der Waals surface area contributed by atoms with Crippen molar-refractivity contribution in [3.8, 4) is 0 Å². The van der Waals surface area contributed by atoms with Crippen molar-refractivity contribution in [2.24, 2.45) is 5.92 Å². The fraction of sp³-hybridized carbons (Fsp3) is 0.706. The molecule has 1 saturated heterocycles. The summed E-state index contributed by atoms with van der Waals surface area (Å²) in [5, 5.41) is 3.69. The van der Waals surface area contributed by atoms with E-state index in [4.69, 9.17) is 0 Å². The van der Waals surface area contributed by atoms with Gasteiger partial charge >= 0.3 is 0 Å². The largest absolute Gasteiger partial charge is 0.355 e. The van der Waals surface area contributed by atoms with E-state index in [9.17, 15) is 0 Å². The lowest BCUT2D eigenvalue weighted by Gasteiger charge is -2.28. The summed E-state index contributed by atoms with van der Waals surface area (Å²) < 4.78 is 0. The van der Waals surface area contributed by atoms with E-state index in [1.807, 2.05) is 0 Å². The minimum atomic E-state index is 0.583. The summed E-state index contributed by atoms with van der Waals surface area (Å²) in [5.41, 5.74) is 1.35. The quantitative estimate of drug-likeness (QED) is 0.894. The predicted molar refractivity (Wildman–Crippen MR) is 86.3 cm³/mol. The summed E-state index contributed by atoms with van der Waals surface area (Å²) in [6.07, 6.45) is 6.80. The molecule has 0 spiro atoms. The van der Waals surface area contributed by atoms with Crippen molar-refractivity contribution in [2.75, 3.05) is 24.5 Å². The third kappa shape index (κ3) is 3.95. The Bertz CT molecular complexity index is 388. The fourth-order valence-electron chi connectivity index (χ4n) is 2.86. The maximum absolute atomic E-state index is 4.68. The molecule has 1 N–H and O–H groups in total. The van der Waals surface area contributed by atoms with E-state index in [1.54, 1.807) is 0 Å². The van der Waals surface area contributed by atoms with Crippen LogP contribution < -0.4 is 10.2 Å². The lowest BCUT2D eigenvalue weighted by atomic mass is 9.99. The molecule has 1 fully saturated rings. The zero-order chi connectivity index (χ0) is 14.4. The number of hydrogen-bond donors (Lipinski definition) is 1. The third-order valence-electron chi connectivity index (χ3n) is 4.43. The lowest BCUT2D eigenvalue weighted by molar-refractivity contribution is 0.383. The maximum Gasteiger partial charge on any atom is 0.128 e. The summed E-state index contributed by atoms with van der Waals surface area (Å²) >= 11 is 0. The van der Waals surface area contributed by atoms with Crippen molar-refractivity contribution in [1.29, 1.82) is 0 Å². The van der Waals surface area contributed by atoms with Crippen molar-refractivity contribution in [2.45, 2.75) is 52.5 Å². The first-order valence-electron chi connectivity index (χ1n) is 8.17. The van der Waals surface area contributed by atoms with Crippen molar-refractivity contribution >= 4 is 5.82 Å². The van der Waals surface area contributed by atoms with Crippen LogP contribution >= 0.6 is 0 Å². The highest BCUT2D eigenvalue weighted by molar-refractivity contribution is 5.40. The molecule has 3 nitrogen and oxygen atoms in total. The van der Waals surface area contributed by atoms with Gasteiger partial charge in [-0.25, -0.2) is 4.98 Å². The van der Waals surface area contributed by atoms with Crippen LogP contribution in [0.3, 0.4) is 0 Å². The number of nitrogens with one attached hydrogen (secondary N) is 1. The van der Waals surface area contributed by atoms with E-state index < -0.39 is 0 Å². The Hall–Kier alpha value is -1.09. The predicted octanol–water partition coefficient (Wildman–Crippen LogP) is 3.25. The van der Waals surface area contributed by atoms with Crippen LogP contribution in [0.4, 0.5) is 5.82 Å². The Morgan fingerprint density at radius 2 is 2.25 bits per heavy atom. The molecule has 2 rings (SSSR count). The molecule has 2 heterocycles. The summed E-state index contributed by atoms with van der Waals surface area (Å²) in [4.78, 5) is 7.13. The van der Waals surface area contributed by atoms with Gasteiger partial charge in [0.05, 0.1) is 0 Å². The molecule has 0 saturated carbocycles. The first-order chi connectivity index (χ1) is 9.74. The van der Waals surface area contributed by atoms with E-state index >= 15 is 0 Å². The van der Waals surface area contributed by atoms with Crippen molar-refractivity contribution in [3.63, 3.8) is 0 Å². The van der Waals surface area contributed by atoms with Gasteiger partial charge in [-0.05, 0) is 36.9 Å². The zero-order valence-corrected chi connectivity index (χ0v) is 13.2. The van der Waals surface area contributed by atoms with Crippen molar-refractivity contribution < 1.29 is 0 Å². The summed E-state index contributed by atoms with van der Waals surface area (Å²) in [6, 6.07) is 5.02. The molecule has 1 aliphatic heterocycles. The smallest absolute Gasteiger partial charge is 0.128 e. The normalized spacial score (nSPS) is 21.6. The van der Waals surface area contributed by atoms with Gasteiger partial charge in [0.2, 0.25) is 0 Å². The van der Waals surface area contributed by atoms with Gasteiger partial charge in [0.15, 0.2) is 0 Å². The monoisotopic (exact) mass is 275 g/mol. The van der Waals surface area contributed by atoms with Crippen LogP contribution in [0.25, 0.3) is 0 Å². The molecule has 1 aromatic rings. The molecular weight excluding hydrogens is 246 g/mol. The number of anilines is 1. The second kappa shape index (κ2) is 7.63. The molecule has 20 heavy (non-hydrogen) atoms. The van der Waals surface area contributed by atoms with Gasteiger partial charge in [-0.3, -0.25) is 0 Å². The topological polar surface area (TPSA) is 28.2 Å². The second-order valence-corrected chi connectivity index (χ2v) is 6.02. The van der Waals surface area contributed by atoms with Crippen LogP contribution in [0.15, 0.2) is 18.3 Å². The van der Waals surface area contributed by atoms with Gasteiger partial charge in [-0.2, -0.15) is 0 Å². The maximum atomic E-state index is 4.68. The van der Waals surface area contributed by atoms with E-state index in [-0.39, 0.29) is 0 Å². The molecule has 0 amide bonds. The Morgan fingerprint density at radius 1 is 1.40 bits per heavy atom. The minimum absolute atomic E-state index is 0.583. The highest BCUT2D eigenvalue weighted by Crippen LogP contribution is 2.18. The van der Waals surface area contributed by atoms with Crippen molar-refractivity contribution in [1.82, 2.24) is 10.3 Å². The van der Waals surface area contributed by atoms with Crippen LogP contribution in [0.2, 0.25) is 0 Å². The summed E-state index contributed by atoms with van der Waals surface area (Å²) in [7, 11) is 0. The molecule has 0 radical (unpaired) electrons. The van der Waals surface area contributed by atoms with Gasteiger partial charge in [-0.1, -0.05) is 39.7 Å². The molecule has 2 unspecified atom stereocenters. The van der Waals surface area contributed by atoms with Gasteiger partial charge in [0.25, 0.3) is 0 Å². The second-order valence-electron chi connectivity index (χ2n) is 6.02. The number of nitrogens with zero attached hydrogens (tertiary/aromatic N) is 2. The summed E-state index contributed by atoms with van der Waals surface area (Å²) in [5.74, 6) is 1.86. The van der Waals surface area contributed by atoms with Crippen LogP contribution in [0.1, 0.15) is 45.6 Å². The van der Waals surface area contributed by atoms with E-state index in [0.717, 1.165) is 37.8 Å². The lowest BCUT2D eigenvalue weighted by Crippen LogP contribution is -2.42. The van der Waals surface area contributed by atoms with E-state index in [0.29, 0.717) is 6.04 Å². The molecule has 2 atom stereocenters. The van der Waals surface area contributed by atoms with Crippen molar-refractivity contribution in [3.05, 3.63) is 23.9 Å². The van der Waals surface area contributed by atoms with E-state index in [2.05, 4.69) is 54.3 Å². The molecule has 1 aromatic heterocycles. The fourth-order valence-corrected chi connectivity index (χ4v) is 2.86. The number of rotatable bonds is 5. The third-order valence-corrected chi connectivity index (χ3v) is 4.43. The number of hydrogen-bond acceptors (Lipinski definition) is 3. The Labute approximate surface area is 123 Å². The van der Waals surface area contributed by atoms with Crippen LogP contribution in [-0.2, 0) is 6.42 Å². The molecule has 3 heteroatoms. The Balaban J connectivity index is 2.05. The SMILES string of the molecule is CCCc1ccc(N2CCCNC(C(C)CC)C2)nc1. The molecule has 0 aliphatic carbocycles. The highest BCUT2D eigenvalue weighted by atomic mass is 15.2. The standard InChI is InChI=1S/C17H29N3/c1-4-7-15-8-9-17(19-12-15)20-11-6-10-18-16(13-20)14(3)5-2/h8-9,12,14,16,18H,4-7,10-11,13H2,1-3H3. The van der Waals surface area contributed by atoms with Gasteiger partial charge < -0.3 is 10.2 Å². The van der Waals surface area contributed by atoms with Crippen LogP contribution in [0.5, 0.6) is 0 Å². The first-order valence-corrected chi connectivity index (χ1v) is 8.17. The van der Waals surface area contributed by atoms with E-state index in [1.165, 1.54) is 24.8 Å². The highest BCUT2D eigenvalue weighted by Gasteiger charge is 2.22. The zero-order valence-electron chi connectivity index (χ0n) is 13.2. The molecule has 1 aliphatic rings. The molecule has 0 bridgehead atoms. The Kier molecular flexibility index (Phi) is 5.84. The van der Waals surface area contributed by atoms with Gasteiger partial charge in [-0.15, -0.1) is 0 Å².